The monoisotopic (exact) mass is 205 g/mol. The normalized spacial score (nSPS) is 18.1. The molecule has 1 aliphatic carbocycles. The molecular weight excluding hydrogens is 194 g/mol. The van der Waals surface area contributed by atoms with Gasteiger partial charge in [0.15, 0.2) is 0 Å². The third-order valence-corrected chi connectivity index (χ3v) is 2.32. The summed E-state index contributed by atoms with van der Waals surface area (Å²) in [6.07, 6.45) is 5.25. The lowest BCUT2D eigenvalue weighted by Gasteiger charge is -2.24. The van der Waals surface area contributed by atoms with Crippen molar-refractivity contribution in [2.45, 2.75) is 25.7 Å². The van der Waals surface area contributed by atoms with E-state index in [-0.39, 0.29) is 4.82 Å². The molecule has 0 aromatic rings. The minimum atomic E-state index is -0.0909. The second-order valence-corrected chi connectivity index (χ2v) is 3.51. The summed E-state index contributed by atoms with van der Waals surface area (Å²) in [6.45, 7) is 0.828. The molecule has 0 aromatic carbocycles. The van der Waals surface area contributed by atoms with Gasteiger partial charge < -0.3 is 5.32 Å². The number of carbonyl (C=O) groups excluding carboxylic acids is 1. The summed E-state index contributed by atoms with van der Waals surface area (Å²) < 4.78 is 0. The van der Waals surface area contributed by atoms with Crippen molar-refractivity contribution in [1.29, 1.82) is 0 Å². The van der Waals surface area contributed by atoms with Crippen LogP contribution in [0.25, 0.3) is 0 Å². The first-order valence-corrected chi connectivity index (χ1v) is 4.51. The molecular formula is C7H12BrNO. The summed E-state index contributed by atoms with van der Waals surface area (Å²) in [7, 11) is 0. The van der Waals surface area contributed by atoms with Gasteiger partial charge in [0, 0.05) is 22.5 Å². The van der Waals surface area contributed by atoms with Crippen LogP contribution in [-0.2, 0) is 0 Å². The lowest BCUT2D eigenvalue weighted by atomic mass is 9.83. The molecule has 0 bridgehead atoms. The maximum absolute atomic E-state index is 10.3. The molecule has 0 unspecified atom stereocenters. The average molecular weight is 206 g/mol. The largest absolute Gasteiger partial charge is 0.347 e. The quantitative estimate of drug-likeness (QED) is 0.557. The maximum Gasteiger partial charge on any atom is 0.287 e. The number of halogens is 1. The molecule has 1 N–H and O–H groups in total. The molecule has 0 heterocycles. The van der Waals surface area contributed by atoms with Crippen LogP contribution in [0.2, 0.25) is 0 Å². The summed E-state index contributed by atoms with van der Waals surface area (Å²) in [4.78, 5) is 10.2. The Morgan fingerprint density at radius 2 is 2.30 bits per heavy atom. The second kappa shape index (κ2) is 3.96. The van der Waals surface area contributed by atoms with Gasteiger partial charge in [-0.1, -0.05) is 19.3 Å². The van der Waals surface area contributed by atoms with E-state index in [2.05, 4.69) is 21.2 Å². The lowest BCUT2D eigenvalue weighted by Crippen LogP contribution is -2.22. The van der Waals surface area contributed by atoms with Crippen LogP contribution in [-0.4, -0.2) is 11.4 Å². The fourth-order valence-electron chi connectivity index (χ4n) is 1.16. The Hall–Kier alpha value is -0.0500. The Bertz CT molecular complexity index is 123. The Morgan fingerprint density at radius 1 is 1.60 bits per heavy atom. The molecule has 1 amide bonds. The highest BCUT2D eigenvalue weighted by Gasteiger charge is 2.16. The predicted molar refractivity (Wildman–Crippen MR) is 44.3 cm³/mol. The van der Waals surface area contributed by atoms with Crippen molar-refractivity contribution in [1.82, 2.24) is 5.32 Å². The van der Waals surface area contributed by atoms with Crippen molar-refractivity contribution in [3.63, 3.8) is 0 Å². The minimum Gasteiger partial charge on any atom is -0.347 e. The zero-order valence-electron chi connectivity index (χ0n) is 5.90. The van der Waals surface area contributed by atoms with Crippen molar-refractivity contribution in [2.75, 3.05) is 6.54 Å². The van der Waals surface area contributed by atoms with E-state index >= 15 is 0 Å². The first kappa shape index (κ1) is 8.05. The van der Waals surface area contributed by atoms with Crippen molar-refractivity contribution in [3.8, 4) is 0 Å². The Kier molecular flexibility index (Phi) is 3.19. The highest BCUT2D eigenvalue weighted by molar-refractivity contribution is 9.18. The van der Waals surface area contributed by atoms with Gasteiger partial charge in [-0.2, -0.15) is 0 Å². The van der Waals surface area contributed by atoms with Gasteiger partial charge in [0.1, 0.15) is 0 Å². The van der Waals surface area contributed by atoms with Gasteiger partial charge in [0.2, 0.25) is 0 Å². The Labute approximate surface area is 69.5 Å². The van der Waals surface area contributed by atoms with Gasteiger partial charge in [-0.3, -0.25) is 4.79 Å². The second-order valence-electron chi connectivity index (χ2n) is 2.79. The molecule has 1 saturated carbocycles. The SMILES string of the molecule is O=C(Br)NCCC1CCC1. The summed E-state index contributed by atoms with van der Waals surface area (Å²) >= 11 is 2.81. The summed E-state index contributed by atoms with van der Waals surface area (Å²) in [5.41, 5.74) is 0. The number of amides is 1. The molecule has 1 fully saturated rings. The van der Waals surface area contributed by atoms with Crippen LogP contribution in [0.3, 0.4) is 0 Å². The minimum absolute atomic E-state index is 0.0909. The van der Waals surface area contributed by atoms with Crippen LogP contribution in [0.4, 0.5) is 4.79 Å². The molecule has 0 aromatic heterocycles. The molecule has 0 radical (unpaired) electrons. The van der Waals surface area contributed by atoms with Crippen LogP contribution < -0.4 is 5.32 Å². The molecule has 2 nitrogen and oxygen atoms in total. The predicted octanol–water partition coefficient (Wildman–Crippen LogP) is 2.28. The van der Waals surface area contributed by atoms with Gasteiger partial charge in [-0.25, -0.2) is 0 Å². The van der Waals surface area contributed by atoms with E-state index in [0.29, 0.717) is 0 Å². The Balaban J connectivity index is 1.89. The van der Waals surface area contributed by atoms with E-state index in [0.717, 1.165) is 18.9 Å². The van der Waals surface area contributed by atoms with Gasteiger partial charge in [0.25, 0.3) is 4.82 Å². The standard InChI is InChI=1S/C7H12BrNO/c8-7(10)9-5-4-6-2-1-3-6/h6H,1-5H2,(H,9,10). The fraction of sp³-hybridized carbons (Fsp3) is 0.857. The van der Waals surface area contributed by atoms with E-state index in [9.17, 15) is 4.79 Å². The molecule has 0 atom stereocenters. The summed E-state index contributed by atoms with van der Waals surface area (Å²) in [6, 6.07) is 0. The van der Waals surface area contributed by atoms with Crippen molar-refractivity contribution >= 4 is 20.7 Å². The van der Waals surface area contributed by atoms with Crippen LogP contribution in [0.15, 0.2) is 0 Å². The first-order chi connectivity index (χ1) is 4.79. The van der Waals surface area contributed by atoms with Gasteiger partial charge in [0.05, 0.1) is 0 Å². The zero-order chi connectivity index (χ0) is 7.40. The molecule has 1 aliphatic rings. The number of nitrogens with one attached hydrogen (secondary N) is 1. The molecule has 3 heteroatoms. The van der Waals surface area contributed by atoms with E-state index in [1.54, 1.807) is 0 Å². The number of rotatable bonds is 3. The molecule has 0 saturated heterocycles. The molecule has 0 spiro atoms. The van der Waals surface area contributed by atoms with Gasteiger partial charge in [-0.05, 0) is 12.3 Å². The zero-order valence-corrected chi connectivity index (χ0v) is 7.49. The lowest BCUT2D eigenvalue weighted by molar-refractivity contribution is 0.256. The van der Waals surface area contributed by atoms with Crippen LogP contribution in [0, 0.1) is 5.92 Å². The summed E-state index contributed by atoms with van der Waals surface area (Å²) in [5, 5.41) is 2.72. The fourth-order valence-corrected chi connectivity index (χ4v) is 1.35. The van der Waals surface area contributed by atoms with E-state index in [4.69, 9.17) is 0 Å². The third-order valence-electron chi connectivity index (χ3n) is 2.04. The van der Waals surface area contributed by atoms with E-state index in [1.807, 2.05) is 0 Å². The molecule has 58 valence electrons. The molecule has 1 rings (SSSR count). The van der Waals surface area contributed by atoms with Gasteiger partial charge >= 0.3 is 0 Å². The van der Waals surface area contributed by atoms with Gasteiger partial charge in [-0.15, -0.1) is 0 Å². The van der Waals surface area contributed by atoms with Crippen LogP contribution in [0.5, 0.6) is 0 Å². The topological polar surface area (TPSA) is 29.1 Å². The van der Waals surface area contributed by atoms with Crippen LogP contribution in [0.1, 0.15) is 25.7 Å². The molecule has 0 aliphatic heterocycles. The molecule has 10 heavy (non-hydrogen) atoms. The smallest absolute Gasteiger partial charge is 0.287 e. The van der Waals surface area contributed by atoms with E-state index < -0.39 is 0 Å². The van der Waals surface area contributed by atoms with Crippen molar-refractivity contribution < 1.29 is 4.79 Å². The van der Waals surface area contributed by atoms with Crippen LogP contribution >= 0.6 is 15.9 Å². The van der Waals surface area contributed by atoms with Crippen molar-refractivity contribution in [2.24, 2.45) is 5.92 Å². The average Bonchev–Trinajstić information content (AvgIpc) is 1.75. The maximum atomic E-state index is 10.3. The Morgan fingerprint density at radius 3 is 2.70 bits per heavy atom. The number of hydrogen-bond donors (Lipinski definition) is 1. The highest BCUT2D eigenvalue weighted by atomic mass is 79.9. The number of hydrogen-bond acceptors (Lipinski definition) is 1. The van der Waals surface area contributed by atoms with E-state index in [1.165, 1.54) is 19.3 Å². The third kappa shape index (κ3) is 2.69. The number of carbonyl (C=O) groups is 1. The summed E-state index contributed by atoms with van der Waals surface area (Å²) in [5.74, 6) is 0.888. The first-order valence-electron chi connectivity index (χ1n) is 3.72. The van der Waals surface area contributed by atoms with Crippen molar-refractivity contribution in [3.05, 3.63) is 0 Å². The highest BCUT2D eigenvalue weighted by Crippen LogP contribution is 2.28.